The first-order valence-electron chi connectivity index (χ1n) is 5.77. The lowest BCUT2D eigenvalue weighted by Crippen LogP contribution is -2.29. The van der Waals surface area contributed by atoms with Gasteiger partial charge < -0.3 is 11.5 Å². The van der Waals surface area contributed by atoms with Crippen LogP contribution in [0.5, 0.6) is 0 Å². The van der Waals surface area contributed by atoms with Crippen molar-refractivity contribution in [1.82, 2.24) is 0 Å². The Kier molecular flexibility index (Phi) is 2.89. The van der Waals surface area contributed by atoms with Crippen LogP contribution in [0.15, 0.2) is 0 Å². The average Bonchev–Trinajstić information content (AvgIpc) is 2.73. The Balaban J connectivity index is 1.92. The average molecular weight is 182 g/mol. The van der Waals surface area contributed by atoms with Crippen LogP contribution < -0.4 is 11.5 Å². The van der Waals surface area contributed by atoms with Crippen LogP contribution in [0.2, 0.25) is 0 Å². The minimum absolute atomic E-state index is 0.838. The molecule has 76 valence electrons. The summed E-state index contributed by atoms with van der Waals surface area (Å²) in [5.74, 6) is 3.74. The first-order chi connectivity index (χ1) is 6.36. The number of hydrogen-bond donors (Lipinski definition) is 2. The zero-order valence-corrected chi connectivity index (χ0v) is 8.41. The highest BCUT2D eigenvalue weighted by atomic mass is 14.6. The maximum atomic E-state index is 5.85. The standard InChI is InChI=1S/C11H22N2/c12-5-1-2-10-8-3-4-9(6-8)11(10)7-13/h8-11H,1-7,12-13H2/t8-,9+,10-,11+/m0/s1. The summed E-state index contributed by atoms with van der Waals surface area (Å²) < 4.78 is 0. The summed E-state index contributed by atoms with van der Waals surface area (Å²) in [6, 6.07) is 0. The first-order valence-corrected chi connectivity index (χ1v) is 5.77. The van der Waals surface area contributed by atoms with Crippen LogP contribution in [0.4, 0.5) is 0 Å². The van der Waals surface area contributed by atoms with Crippen molar-refractivity contribution in [3.05, 3.63) is 0 Å². The minimum Gasteiger partial charge on any atom is -0.330 e. The molecule has 2 heteroatoms. The molecule has 0 amide bonds. The Hall–Kier alpha value is -0.0800. The molecule has 0 saturated heterocycles. The lowest BCUT2D eigenvalue weighted by Gasteiger charge is -2.30. The molecule has 0 aromatic rings. The van der Waals surface area contributed by atoms with Crippen LogP contribution in [0.3, 0.4) is 0 Å². The summed E-state index contributed by atoms with van der Waals surface area (Å²) >= 11 is 0. The van der Waals surface area contributed by atoms with Crippen molar-refractivity contribution in [2.45, 2.75) is 32.1 Å². The summed E-state index contributed by atoms with van der Waals surface area (Å²) in [6.07, 6.45) is 6.92. The highest BCUT2D eigenvalue weighted by Gasteiger charge is 2.45. The molecule has 0 unspecified atom stereocenters. The van der Waals surface area contributed by atoms with E-state index in [0.29, 0.717) is 0 Å². The zero-order chi connectivity index (χ0) is 9.26. The lowest BCUT2D eigenvalue weighted by atomic mass is 9.77. The van der Waals surface area contributed by atoms with Gasteiger partial charge in [-0.15, -0.1) is 0 Å². The van der Waals surface area contributed by atoms with E-state index in [4.69, 9.17) is 11.5 Å². The van der Waals surface area contributed by atoms with Gasteiger partial charge in [0.2, 0.25) is 0 Å². The normalized spacial score (nSPS) is 42.9. The van der Waals surface area contributed by atoms with Gasteiger partial charge in [0, 0.05) is 0 Å². The Bertz CT molecular complexity index is 169. The summed E-state index contributed by atoms with van der Waals surface area (Å²) in [6.45, 7) is 1.77. The van der Waals surface area contributed by atoms with E-state index in [1.54, 1.807) is 0 Å². The highest BCUT2D eigenvalue weighted by Crippen LogP contribution is 2.53. The molecule has 2 bridgehead atoms. The van der Waals surface area contributed by atoms with Crippen LogP contribution in [0.25, 0.3) is 0 Å². The third-order valence-corrected chi connectivity index (χ3v) is 4.29. The van der Waals surface area contributed by atoms with Crippen molar-refractivity contribution in [3.63, 3.8) is 0 Å². The van der Waals surface area contributed by atoms with E-state index in [0.717, 1.165) is 36.8 Å². The molecule has 4 atom stereocenters. The van der Waals surface area contributed by atoms with Gasteiger partial charge in [-0.2, -0.15) is 0 Å². The topological polar surface area (TPSA) is 52.0 Å². The Morgan fingerprint density at radius 2 is 1.69 bits per heavy atom. The molecular weight excluding hydrogens is 160 g/mol. The molecule has 0 aliphatic heterocycles. The SMILES string of the molecule is NCCC[C@H]1[C@H]2CC[C@H](C2)[C@H]1CN. The molecule has 2 aliphatic rings. The molecule has 2 nitrogen and oxygen atoms in total. The third-order valence-electron chi connectivity index (χ3n) is 4.29. The molecule has 0 radical (unpaired) electrons. The van der Waals surface area contributed by atoms with Crippen molar-refractivity contribution in [3.8, 4) is 0 Å². The van der Waals surface area contributed by atoms with Crippen molar-refractivity contribution >= 4 is 0 Å². The summed E-state index contributed by atoms with van der Waals surface area (Å²) in [7, 11) is 0. The first kappa shape index (κ1) is 9.47. The third kappa shape index (κ3) is 1.62. The highest BCUT2D eigenvalue weighted by molar-refractivity contribution is 4.96. The van der Waals surface area contributed by atoms with Crippen molar-refractivity contribution in [1.29, 1.82) is 0 Å². The van der Waals surface area contributed by atoms with Crippen molar-refractivity contribution in [2.75, 3.05) is 13.1 Å². The Labute approximate surface area is 81.1 Å². The van der Waals surface area contributed by atoms with E-state index in [9.17, 15) is 0 Å². The van der Waals surface area contributed by atoms with Crippen LogP contribution in [-0.4, -0.2) is 13.1 Å². The van der Waals surface area contributed by atoms with E-state index in [1.807, 2.05) is 0 Å². The number of nitrogens with two attached hydrogens (primary N) is 2. The molecule has 13 heavy (non-hydrogen) atoms. The number of hydrogen-bond acceptors (Lipinski definition) is 2. The summed E-state index contributed by atoms with van der Waals surface area (Å²) in [5, 5.41) is 0. The molecule has 2 aliphatic carbocycles. The maximum Gasteiger partial charge on any atom is -0.00435 e. The van der Waals surface area contributed by atoms with Crippen LogP contribution in [0.1, 0.15) is 32.1 Å². The van der Waals surface area contributed by atoms with Crippen molar-refractivity contribution in [2.24, 2.45) is 35.1 Å². The Morgan fingerprint density at radius 3 is 2.31 bits per heavy atom. The van der Waals surface area contributed by atoms with E-state index < -0.39 is 0 Å². The molecule has 2 saturated carbocycles. The fraction of sp³-hybridized carbons (Fsp3) is 1.00. The van der Waals surface area contributed by atoms with E-state index >= 15 is 0 Å². The smallest absolute Gasteiger partial charge is 0.00435 e. The summed E-state index contributed by atoms with van der Waals surface area (Å²) in [4.78, 5) is 0. The number of fused-ring (bicyclic) bond motifs is 2. The molecule has 0 aromatic carbocycles. The fourth-order valence-electron chi connectivity index (χ4n) is 3.70. The van der Waals surface area contributed by atoms with Gasteiger partial charge in [0.05, 0.1) is 0 Å². The maximum absolute atomic E-state index is 5.85. The Morgan fingerprint density at radius 1 is 1.00 bits per heavy atom. The predicted octanol–water partition coefficient (Wildman–Crippen LogP) is 1.35. The van der Waals surface area contributed by atoms with Gasteiger partial charge in [0.25, 0.3) is 0 Å². The van der Waals surface area contributed by atoms with Gasteiger partial charge in [-0.3, -0.25) is 0 Å². The van der Waals surface area contributed by atoms with Crippen LogP contribution in [-0.2, 0) is 0 Å². The second kappa shape index (κ2) is 3.97. The van der Waals surface area contributed by atoms with Gasteiger partial charge in [-0.05, 0) is 68.9 Å². The quantitative estimate of drug-likeness (QED) is 0.689. The molecule has 4 N–H and O–H groups in total. The zero-order valence-electron chi connectivity index (χ0n) is 8.41. The van der Waals surface area contributed by atoms with Gasteiger partial charge in [-0.25, -0.2) is 0 Å². The summed E-state index contributed by atoms with van der Waals surface area (Å²) in [5.41, 5.74) is 11.4. The largest absolute Gasteiger partial charge is 0.330 e. The second-order valence-electron chi connectivity index (χ2n) is 4.83. The molecule has 0 heterocycles. The van der Waals surface area contributed by atoms with Crippen LogP contribution >= 0.6 is 0 Å². The minimum atomic E-state index is 0.838. The van der Waals surface area contributed by atoms with E-state index in [-0.39, 0.29) is 0 Å². The molecule has 2 fully saturated rings. The second-order valence-corrected chi connectivity index (χ2v) is 4.83. The number of rotatable bonds is 4. The predicted molar refractivity (Wildman–Crippen MR) is 55.2 cm³/mol. The fourth-order valence-corrected chi connectivity index (χ4v) is 3.70. The van der Waals surface area contributed by atoms with Gasteiger partial charge in [0.15, 0.2) is 0 Å². The molecular formula is C11H22N2. The van der Waals surface area contributed by atoms with E-state index in [1.165, 1.54) is 32.1 Å². The van der Waals surface area contributed by atoms with E-state index in [2.05, 4.69) is 0 Å². The monoisotopic (exact) mass is 182 g/mol. The van der Waals surface area contributed by atoms with Gasteiger partial charge in [-0.1, -0.05) is 0 Å². The van der Waals surface area contributed by atoms with Crippen molar-refractivity contribution < 1.29 is 0 Å². The van der Waals surface area contributed by atoms with Gasteiger partial charge in [0.1, 0.15) is 0 Å². The molecule has 0 aromatic heterocycles. The van der Waals surface area contributed by atoms with Crippen LogP contribution in [0, 0.1) is 23.7 Å². The molecule has 2 rings (SSSR count). The lowest BCUT2D eigenvalue weighted by molar-refractivity contribution is 0.212. The van der Waals surface area contributed by atoms with Gasteiger partial charge >= 0.3 is 0 Å². The molecule has 0 spiro atoms.